The Morgan fingerprint density at radius 3 is 2.60 bits per heavy atom. The van der Waals surface area contributed by atoms with Crippen molar-refractivity contribution in [3.05, 3.63) is 22.4 Å². The van der Waals surface area contributed by atoms with Gasteiger partial charge in [0.2, 0.25) is 5.78 Å². The third kappa shape index (κ3) is 3.02. The van der Waals surface area contributed by atoms with Crippen molar-refractivity contribution in [2.24, 2.45) is 0 Å². The molecule has 0 fully saturated rings. The minimum absolute atomic E-state index is 0.0822. The van der Waals surface area contributed by atoms with E-state index in [4.69, 9.17) is 0 Å². The quantitative estimate of drug-likeness (QED) is 0.722. The number of hydrogen-bond acceptors (Lipinski definition) is 2. The number of hydrogen-bond donors (Lipinski definition) is 0. The van der Waals surface area contributed by atoms with E-state index < -0.39 is 24.6 Å². The van der Waals surface area contributed by atoms with Gasteiger partial charge >= 0.3 is 12.3 Å². The van der Waals surface area contributed by atoms with Crippen LogP contribution < -0.4 is 0 Å². The van der Waals surface area contributed by atoms with Gasteiger partial charge in [0.15, 0.2) is 0 Å². The molecule has 0 N–H and O–H groups in total. The zero-order valence-corrected chi connectivity index (χ0v) is 8.37. The van der Waals surface area contributed by atoms with E-state index in [1.807, 2.05) is 0 Å². The van der Waals surface area contributed by atoms with Crippen molar-refractivity contribution in [3.8, 4) is 0 Å². The second-order valence-electron chi connectivity index (χ2n) is 2.93. The second-order valence-corrected chi connectivity index (χ2v) is 3.96. The van der Waals surface area contributed by atoms with Gasteiger partial charge in [0.25, 0.3) is 0 Å². The molecule has 0 spiro atoms. The molecule has 0 aliphatic heterocycles. The normalized spacial score (nSPS) is 12.1. The number of ketones is 1. The summed E-state index contributed by atoms with van der Waals surface area (Å²) in [6.07, 6.45) is -4.40. The first-order valence-electron chi connectivity index (χ1n) is 4.16. The Morgan fingerprint density at radius 2 is 2.13 bits per heavy atom. The van der Waals surface area contributed by atoms with Gasteiger partial charge in [-0.3, -0.25) is 4.79 Å². The van der Waals surface area contributed by atoms with Crippen LogP contribution in [-0.2, 0) is 11.2 Å². The third-order valence-electron chi connectivity index (χ3n) is 1.82. The van der Waals surface area contributed by atoms with Crippen LogP contribution in [0, 0.1) is 0 Å². The number of carbonyl (C=O) groups excluding carboxylic acids is 1. The summed E-state index contributed by atoms with van der Waals surface area (Å²) in [6, 6.07) is 3.37. The lowest BCUT2D eigenvalue weighted by atomic mass is 10.1. The van der Waals surface area contributed by atoms with E-state index in [-0.39, 0.29) is 6.42 Å². The Morgan fingerprint density at radius 1 is 1.47 bits per heavy atom. The first-order valence-corrected chi connectivity index (χ1v) is 5.04. The first-order chi connectivity index (χ1) is 6.94. The van der Waals surface area contributed by atoms with Crippen molar-refractivity contribution in [3.63, 3.8) is 0 Å². The molecule has 1 nitrogen and oxygen atoms in total. The van der Waals surface area contributed by atoms with E-state index in [1.54, 1.807) is 17.5 Å². The number of aryl methyl sites for hydroxylation is 1. The van der Waals surface area contributed by atoms with Crippen molar-refractivity contribution in [2.45, 2.75) is 25.2 Å². The third-order valence-corrected chi connectivity index (χ3v) is 2.76. The van der Waals surface area contributed by atoms with Gasteiger partial charge in [0.1, 0.15) is 0 Å². The van der Waals surface area contributed by atoms with Crippen LogP contribution in [-0.4, -0.2) is 18.1 Å². The summed E-state index contributed by atoms with van der Waals surface area (Å²) in [5.74, 6) is -6.22. The van der Waals surface area contributed by atoms with E-state index in [1.165, 1.54) is 11.3 Å². The molecule has 15 heavy (non-hydrogen) atoms. The molecule has 0 saturated heterocycles. The van der Waals surface area contributed by atoms with Gasteiger partial charge in [0, 0.05) is 11.3 Å². The fourth-order valence-corrected chi connectivity index (χ4v) is 1.69. The first kappa shape index (κ1) is 12.2. The van der Waals surface area contributed by atoms with Crippen molar-refractivity contribution in [1.82, 2.24) is 0 Å². The number of alkyl halides is 4. The minimum atomic E-state index is -4.52. The summed E-state index contributed by atoms with van der Waals surface area (Å²) in [5.41, 5.74) is 0. The summed E-state index contributed by atoms with van der Waals surface area (Å²) in [6.45, 7) is 0. The minimum Gasteiger partial charge on any atom is -0.293 e. The van der Waals surface area contributed by atoms with E-state index in [0.717, 1.165) is 4.88 Å². The maximum Gasteiger partial charge on any atom is 0.364 e. The van der Waals surface area contributed by atoms with Crippen LogP contribution in [0.4, 0.5) is 17.6 Å². The van der Waals surface area contributed by atoms with Gasteiger partial charge in [-0.25, -0.2) is 8.78 Å². The number of carbonyl (C=O) groups is 1. The van der Waals surface area contributed by atoms with Crippen LogP contribution in [0.2, 0.25) is 0 Å². The van der Waals surface area contributed by atoms with Gasteiger partial charge in [0.05, 0.1) is 0 Å². The number of halogens is 4. The summed E-state index contributed by atoms with van der Waals surface area (Å²) in [7, 11) is 0. The molecule has 0 saturated carbocycles. The SMILES string of the molecule is O=C(CCc1cccs1)C(F)(F)C(F)F. The van der Waals surface area contributed by atoms with Gasteiger partial charge in [-0.2, -0.15) is 8.78 Å². The molecule has 0 amide bonds. The average Bonchev–Trinajstić information content (AvgIpc) is 2.66. The maximum absolute atomic E-state index is 12.5. The Hall–Kier alpha value is -0.910. The highest BCUT2D eigenvalue weighted by Crippen LogP contribution is 2.26. The fraction of sp³-hybridized carbons (Fsp3) is 0.444. The number of thiophene rings is 1. The summed E-state index contributed by atoms with van der Waals surface area (Å²) in [5, 5.41) is 1.73. The van der Waals surface area contributed by atoms with Crippen molar-refractivity contribution >= 4 is 17.1 Å². The van der Waals surface area contributed by atoms with Crippen molar-refractivity contribution in [1.29, 1.82) is 0 Å². The van der Waals surface area contributed by atoms with E-state index in [0.29, 0.717) is 0 Å². The Balaban J connectivity index is 2.49. The van der Waals surface area contributed by atoms with Gasteiger partial charge < -0.3 is 0 Å². The molecule has 0 aromatic carbocycles. The molecule has 84 valence electrons. The average molecular weight is 240 g/mol. The largest absolute Gasteiger partial charge is 0.364 e. The standard InChI is InChI=1S/C9H8F4OS/c10-8(11)9(12,13)7(14)4-3-6-2-1-5-15-6/h1-2,5,8H,3-4H2. The van der Waals surface area contributed by atoms with Crippen LogP contribution >= 0.6 is 11.3 Å². The van der Waals surface area contributed by atoms with Crippen LogP contribution in [0.5, 0.6) is 0 Å². The Labute approximate surface area is 87.7 Å². The fourth-order valence-electron chi connectivity index (χ4n) is 0.980. The Bertz CT molecular complexity index is 321. The smallest absolute Gasteiger partial charge is 0.293 e. The van der Waals surface area contributed by atoms with Crippen molar-refractivity contribution < 1.29 is 22.4 Å². The van der Waals surface area contributed by atoms with Crippen LogP contribution in [0.3, 0.4) is 0 Å². The molecule has 0 radical (unpaired) electrons. The molecule has 1 aromatic heterocycles. The van der Waals surface area contributed by atoms with E-state index >= 15 is 0 Å². The Kier molecular flexibility index (Phi) is 3.84. The molecule has 1 aromatic rings. The van der Waals surface area contributed by atoms with Gasteiger partial charge in [-0.1, -0.05) is 6.07 Å². The topological polar surface area (TPSA) is 17.1 Å². The second kappa shape index (κ2) is 4.74. The molecule has 0 aliphatic carbocycles. The summed E-state index contributed by atoms with van der Waals surface area (Å²) >= 11 is 1.30. The van der Waals surface area contributed by atoms with E-state index in [2.05, 4.69) is 0 Å². The molecule has 0 atom stereocenters. The van der Waals surface area contributed by atoms with Crippen LogP contribution in [0.15, 0.2) is 17.5 Å². The van der Waals surface area contributed by atoms with Gasteiger partial charge in [-0.15, -0.1) is 11.3 Å². The molecule has 0 aliphatic rings. The number of rotatable bonds is 5. The number of Topliss-reactive ketones (excluding diaryl/α,β-unsaturated/α-hetero) is 1. The molecule has 0 unspecified atom stereocenters. The lowest BCUT2D eigenvalue weighted by Gasteiger charge is -2.12. The maximum atomic E-state index is 12.5. The monoisotopic (exact) mass is 240 g/mol. The van der Waals surface area contributed by atoms with Crippen LogP contribution in [0.1, 0.15) is 11.3 Å². The summed E-state index contributed by atoms with van der Waals surface area (Å²) in [4.78, 5) is 11.5. The highest BCUT2D eigenvalue weighted by Gasteiger charge is 2.47. The molecule has 1 heterocycles. The lowest BCUT2D eigenvalue weighted by molar-refractivity contribution is -0.166. The zero-order chi connectivity index (χ0) is 11.5. The predicted octanol–water partition coefficient (Wildman–Crippen LogP) is 3.15. The van der Waals surface area contributed by atoms with Gasteiger partial charge in [-0.05, 0) is 17.9 Å². The zero-order valence-electron chi connectivity index (χ0n) is 7.55. The highest BCUT2D eigenvalue weighted by atomic mass is 32.1. The van der Waals surface area contributed by atoms with E-state index in [9.17, 15) is 22.4 Å². The molecular weight excluding hydrogens is 232 g/mol. The summed E-state index contributed by atoms with van der Waals surface area (Å²) < 4.78 is 48.5. The molecule has 6 heteroatoms. The predicted molar refractivity (Wildman–Crippen MR) is 48.6 cm³/mol. The molecule has 1 rings (SSSR count). The van der Waals surface area contributed by atoms with Crippen molar-refractivity contribution in [2.75, 3.05) is 0 Å². The van der Waals surface area contributed by atoms with Crippen LogP contribution in [0.25, 0.3) is 0 Å². The highest BCUT2D eigenvalue weighted by molar-refractivity contribution is 7.09. The molecule has 0 bridgehead atoms. The molecular formula is C9H8F4OS. The lowest BCUT2D eigenvalue weighted by Crippen LogP contribution is -2.36.